The summed E-state index contributed by atoms with van der Waals surface area (Å²) in [7, 11) is 0. The standard InChI is InChI=1S/C18H19ClO/c1-13(2)15-9-7-14(8-10-15)11-17(20)12-16-5-3-4-6-18(16)19/h3-10,13H,11-12H2,1-2H3. The van der Waals surface area contributed by atoms with Crippen molar-refractivity contribution >= 4 is 17.4 Å². The Labute approximate surface area is 125 Å². The predicted molar refractivity (Wildman–Crippen MR) is 84.4 cm³/mol. The summed E-state index contributed by atoms with van der Waals surface area (Å²) in [6.45, 7) is 4.33. The number of Topliss-reactive ketones (excluding diaryl/α,β-unsaturated/α-hetero) is 1. The molecule has 0 saturated heterocycles. The van der Waals surface area contributed by atoms with Crippen molar-refractivity contribution in [1.29, 1.82) is 0 Å². The molecular formula is C18H19ClO. The third kappa shape index (κ3) is 3.94. The first-order valence-electron chi connectivity index (χ1n) is 6.90. The molecule has 0 heterocycles. The van der Waals surface area contributed by atoms with Crippen LogP contribution < -0.4 is 0 Å². The summed E-state index contributed by atoms with van der Waals surface area (Å²) < 4.78 is 0. The number of benzene rings is 2. The van der Waals surface area contributed by atoms with Gasteiger partial charge in [-0.25, -0.2) is 0 Å². The zero-order valence-electron chi connectivity index (χ0n) is 11.9. The molecule has 1 nitrogen and oxygen atoms in total. The number of carbonyl (C=O) groups excluding carboxylic acids is 1. The molecule has 2 heteroatoms. The Bertz CT molecular complexity index is 585. The monoisotopic (exact) mass is 286 g/mol. The van der Waals surface area contributed by atoms with Crippen LogP contribution in [0.25, 0.3) is 0 Å². The molecule has 2 aromatic rings. The minimum absolute atomic E-state index is 0.190. The van der Waals surface area contributed by atoms with Crippen LogP contribution in [0.15, 0.2) is 48.5 Å². The summed E-state index contributed by atoms with van der Waals surface area (Å²) in [5.41, 5.74) is 3.26. The van der Waals surface area contributed by atoms with Crippen LogP contribution in [0.5, 0.6) is 0 Å². The molecule has 20 heavy (non-hydrogen) atoms. The molecule has 0 radical (unpaired) electrons. The van der Waals surface area contributed by atoms with Crippen molar-refractivity contribution in [2.75, 3.05) is 0 Å². The van der Waals surface area contributed by atoms with Gasteiger partial charge in [0.25, 0.3) is 0 Å². The van der Waals surface area contributed by atoms with Crippen molar-refractivity contribution in [3.63, 3.8) is 0 Å². The maximum atomic E-state index is 12.1. The van der Waals surface area contributed by atoms with E-state index in [1.165, 1.54) is 5.56 Å². The second-order valence-electron chi connectivity index (χ2n) is 5.38. The number of rotatable bonds is 5. The molecule has 2 aromatic carbocycles. The van der Waals surface area contributed by atoms with E-state index in [4.69, 9.17) is 11.6 Å². The number of hydrogen-bond donors (Lipinski definition) is 0. The molecule has 0 aliphatic carbocycles. The molecule has 0 atom stereocenters. The Kier molecular flexibility index (Phi) is 4.97. The Morgan fingerprint density at radius 2 is 1.65 bits per heavy atom. The topological polar surface area (TPSA) is 17.1 Å². The van der Waals surface area contributed by atoms with Gasteiger partial charge in [0, 0.05) is 17.9 Å². The van der Waals surface area contributed by atoms with E-state index in [-0.39, 0.29) is 5.78 Å². The summed E-state index contributed by atoms with van der Waals surface area (Å²) >= 11 is 6.07. The summed E-state index contributed by atoms with van der Waals surface area (Å²) in [6.07, 6.45) is 0.856. The molecule has 0 aliphatic rings. The molecule has 0 bridgehead atoms. The molecule has 0 aromatic heterocycles. The quantitative estimate of drug-likeness (QED) is 0.770. The Balaban J connectivity index is 1.99. The average molecular weight is 287 g/mol. The van der Waals surface area contributed by atoms with Gasteiger partial charge in [-0.1, -0.05) is 67.9 Å². The van der Waals surface area contributed by atoms with Crippen LogP contribution in [0, 0.1) is 0 Å². The van der Waals surface area contributed by atoms with E-state index < -0.39 is 0 Å². The highest BCUT2D eigenvalue weighted by molar-refractivity contribution is 6.31. The number of halogens is 1. The van der Waals surface area contributed by atoms with Crippen molar-refractivity contribution in [2.24, 2.45) is 0 Å². The van der Waals surface area contributed by atoms with Crippen molar-refractivity contribution in [1.82, 2.24) is 0 Å². The van der Waals surface area contributed by atoms with Gasteiger partial charge in [-0.05, 0) is 28.7 Å². The largest absolute Gasteiger partial charge is 0.299 e. The fraction of sp³-hybridized carbons (Fsp3) is 0.278. The SMILES string of the molecule is CC(C)c1ccc(CC(=O)Cc2ccccc2Cl)cc1. The van der Waals surface area contributed by atoms with Gasteiger partial charge in [-0.3, -0.25) is 4.79 Å². The molecular weight excluding hydrogens is 268 g/mol. The summed E-state index contributed by atoms with van der Waals surface area (Å²) in [6, 6.07) is 15.8. The summed E-state index contributed by atoms with van der Waals surface area (Å²) in [4.78, 5) is 12.1. The van der Waals surface area contributed by atoms with Crippen molar-refractivity contribution < 1.29 is 4.79 Å². The second kappa shape index (κ2) is 6.71. The molecule has 104 valence electrons. The molecule has 0 unspecified atom stereocenters. The van der Waals surface area contributed by atoms with Gasteiger partial charge < -0.3 is 0 Å². The van der Waals surface area contributed by atoms with E-state index in [2.05, 4.69) is 26.0 Å². The lowest BCUT2D eigenvalue weighted by atomic mass is 9.98. The predicted octanol–water partition coefficient (Wildman–Crippen LogP) is 4.82. The normalized spacial score (nSPS) is 10.8. The minimum Gasteiger partial charge on any atom is -0.299 e. The Morgan fingerprint density at radius 1 is 1.00 bits per heavy atom. The fourth-order valence-electron chi connectivity index (χ4n) is 2.16. The highest BCUT2D eigenvalue weighted by atomic mass is 35.5. The Morgan fingerprint density at radius 3 is 2.25 bits per heavy atom. The zero-order valence-corrected chi connectivity index (χ0v) is 12.7. The Hall–Kier alpha value is -1.60. The van der Waals surface area contributed by atoms with E-state index in [9.17, 15) is 4.79 Å². The van der Waals surface area contributed by atoms with Gasteiger partial charge in [0.1, 0.15) is 5.78 Å². The first-order chi connectivity index (χ1) is 9.56. The lowest BCUT2D eigenvalue weighted by molar-refractivity contribution is -0.117. The van der Waals surface area contributed by atoms with Crippen LogP contribution in [0.3, 0.4) is 0 Å². The molecule has 0 amide bonds. The third-order valence-electron chi connectivity index (χ3n) is 3.39. The number of hydrogen-bond acceptors (Lipinski definition) is 1. The average Bonchev–Trinajstić information content (AvgIpc) is 2.42. The van der Waals surface area contributed by atoms with Gasteiger partial charge in [0.15, 0.2) is 0 Å². The van der Waals surface area contributed by atoms with E-state index in [1.54, 1.807) is 0 Å². The molecule has 0 spiro atoms. The van der Waals surface area contributed by atoms with Gasteiger partial charge in [-0.15, -0.1) is 0 Å². The lowest BCUT2D eigenvalue weighted by Crippen LogP contribution is -2.07. The van der Waals surface area contributed by atoms with Crippen LogP contribution >= 0.6 is 11.6 Å². The highest BCUT2D eigenvalue weighted by Gasteiger charge is 2.08. The molecule has 0 N–H and O–H groups in total. The number of ketones is 1. The summed E-state index contributed by atoms with van der Waals surface area (Å²) in [5, 5.41) is 0.663. The third-order valence-corrected chi connectivity index (χ3v) is 3.76. The first kappa shape index (κ1) is 14.8. The van der Waals surface area contributed by atoms with Gasteiger partial charge in [-0.2, -0.15) is 0 Å². The van der Waals surface area contributed by atoms with Crippen LogP contribution in [0.1, 0.15) is 36.5 Å². The van der Waals surface area contributed by atoms with Crippen LogP contribution in [0.2, 0.25) is 5.02 Å². The highest BCUT2D eigenvalue weighted by Crippen LogP contribution is 2.18. The van der Waals surface area contributed by atoms with Crippen molar-refractivity contribution in [3.05, 3.63) is 70.2 Å². The minimum atomic E-state index is 0.190. The molecule has 2 rings (SSSR count). The first-order valence-corrected chi connectivity index (χ1v) is 7.28. The van der Waals surface area contributed by atoms with Gasteiger partial charge in [0.2, 0.25) is 0 Å². The van der Waals surface area contributed by atoms with Crippen molar-refractivity contribution in [3.8, 4) is 0 Å². The van der Waals surface area contributed by atoms with Crippen LogP contribution in [0.4, 0.5) is 0 Å². The molecule has 0 aliphatic heterocycles. The van der Waals surface area contributed by atoms with E-state index in [1.807, 2.05) is 36.4 Å². The van der Waals surface area contributed by atoms with Gasteiger partial charge in [0.05, 0.1) is 0 Å². The fourth-order valence-corrected chi connectivity index (χ4v) is 2.37. The molecule has 0 fully saturated rings. The van der Waals surface area contributed by atoms with Gasteiger partial charge >= 0.3 is 0 Å². The van der Waals surface area contributed by atoms with Crippen molar-refractivity contribution in [2.45, 2.75) is 32.6 Å². The van der Waals surface area contributed by atoms with Crippen LogP contribution in [-0.2, 0) is 17.6 Å². The van der Waals surface area contributed by atoms with E-state index >= 15 is 0 Å². The lowest BCUT2D eigenvalue weighted by Gasteiger charge is -2.07. The zero-order chi connectivity index (χ0) is 14.5. The summed E-state index contributed by atoms with van der Waals surface area (Å²) in [5.74, 6) is 0.707. The van der Waals surface area contributed by atoms with E-state index in [0.717, 1.165) is 11.1 Å². The molecule has 0 saturated carbocycles. The second-order valence-corrected chi connectivity index (χ2v) is 5.79. The maximum Gasteiger partial charge on any atom is 0.141 e. The smallest absolute Gasteiger partial charge is 0.141 e. The number of carbonyl (C=O) groups is 1. The maximum absolute atomic E-state index is 12.1. The van der Waals surface area contributed by atoms with E-state index in [0.29, 0.717) is 23.8 Å². The van der Waals surface area contributed by atoms with Crippen LogP contribution in [-0.4, -0.2) is 5.78 Å².